The molecule has 0 aliphatic heterocycles. The van der Waals surface area contributed by atoms with Gasteiger partial charge in [-0.15, -0.1) is 0 Å². The average Bonchev–Trinajstić information content (AvgIpc) is 2.43. The molecule has 0 amide bonds. The van der Waals surface area contributed by atoms with Crippen LogP contribution in [0.5, 0.6) is 0 Å². The fourth-order valence-electron chi connectivity index (χ4n) is 2.03. The minimum absolute atomic E-state index is 0.245. The van der Waals surface area contributed by atoms with Crippen LogP contribution in [0.2, 0.25) is 0 Å². The summed E-state index contributed by atoms with van der Waals surface area (Å²) < 4.78 is 52.6. The van der Waals surface area contributed by atoms with Crippen LogP contribution >= 0.6 is 0 Å². The molecule has 5 heteroatoms. The lowest BCUT2D eigenvalue weighted by Crippen LogP contribution is -2.22. The molecule has 2 aromatic rings. The molecule has 2 rings (SSSR count). The Morgan fingerprint density at radius 1 is 0.900 bits per heavy atom. The van der Waals surface area contributed by atoms with E-state index in [0.29, 0.717) is 12.1 Å². The van der Waals surface area contributed by atoms with Crippen LogP contribution in [0.3, 0.4) is 0 Å². The van der Waals surface area contributed by atoms with E-state index in [1.807, 2.05) is 6.92 Å². The molecule has 106 valence electrons. The van der Waals surface area contributed by atoms with Crippen LogP contribution in [0.1, 0.15) is 24.1 Å². The first-order chi connectivity index (χ1) is 9.52. The second-order valence-electron chi connectivity index (χ2n) is 4.34. The number of nitrogens with one attached hydrogen (secondary N) is 1. The third-order valence-electron chi connectivity index (χ3n) is 2.95. The quantitative estimate of drug-likeness (QED) is 0.662. The summed E-state index contributed by atoms with van der Waals surface area (Å²) >= 11 is 0. The van der Waals surface area contributed by atoms with Crippen molar-refractivity contribution >= 4 is 0 Å². The van der Waals surface area contributed by atoms with Crippen molar-refractivity contribution in [2.45, 2.75) is 13.0 Å². The van der Waals surface area contributed by atoms with Crippen molar-refractivity contribution in [3.63, 3.8) is 0 Å². The molecule has 0 saturated heterocycles. The van der Waals surface area contributed by atoms with Gasteiger partial charge in [-0.2, -0.15) is 0 Å². The molecule has 0 aromatic heterocycles. The lowest BCUT2D eigenvalue weighted by molar-refractivity contribution is 0.442. The predicted octanol–water partition coefficient (Wildman–Crippen LogP) is 3.94. The van der Waals surface area contributed by atoms with Gasteiger partial charge < -0.3 is 5.32 Å². The maximum absolute atomic E-state index is 13.3. The summed E-state index contributed by atoms with van der Waals surface area (Å²) in [4.78, 5) is 0. The van der Waals surface area contributed by atoms with Gasteiger partial charge in [-0.05, 0) is 41.9 Å². The van der Waals surface area contributed by atoms with E-state index in [1.165, 1.54) is 24.3 Å². The molecular formula is C15H13F4N. The van der Waals surface area contributed by atoms with E-state index in [2.05, 4.69) is 5.32 Å². The van der Waals surface area contributed by atoms with Gasteiger partial charge in [0.25, 0.3) is 0 Å². The molecule has 1 nitrogen and oxygen atoms in total. The van der Waals surface area contributed by atoms with Crippen LogP contribution in [0.25, 0.3) is 0 Å². The van der Waals surface area contributed by atoms with Crippen molar-refractivity contribution in [2.75, 3.05) is 6.54 Å². The van der Waals surface area contributed by atoms with Crippen LogP contribution in [-0.4, -0.2) is 6.54 Å². The Hall–Kier alpha value is -1.88. The fraction of sp³-hybridized carbons (Fsp3) is 0.200. The van der Waals surface area contributed by atoms with Crippen LogP contribution in [0, 0.1) is 23.3 Å². The Morgan fingerprint density at radius 3 is 1.95 bits per heavy atom. The van der Waals surface area contributed by atoms with Crippen LogP contribution < -0.4 is 5.32 Å². The molecule has 0 spiro atoms. The first-order valence-electron chi connectivity index (χ1n) is 6.16. The standard InChI is InChI=1S/C15H13F4N/c1-2-20-15(9-3-5-11(16)6-4-9)10-7-12(17)14(19)13(18)8-10/h3-8,15,20H,2H2,1H3. The molecule has 0 aliphatic carbocycles. The molecule has 0 bridgehead atoms. The Morgan fingerprint density at radius 2 is 1.45 bits per heavy atom. The number of halogens is 4. The Kier molecular flexibility index (Phi) is 4.39. The first-order valence-corrected chi connectivity index (χ1v) is 6.16. The highest BCUT2D eigenvalue weighted by Gasteiger charge is 2.18. The third kappa shape index (κ3) is 2.99. The van der Waals surface area contributed by atoms with Crippen molar-refractivity contribution < 1.29 is 17.6 Å². The van der Waals surface area contributed by atoms with Gasteiger partial charge >= 0.3 is 0 Å². The zero-order valence-electron chi connectivity index (χ0n) is 10.8. The third-order valence-corrected chi connectivity index (χ3v) is 2.95. The van der Waals surface area contributed by atoms with Crippen LogP contribution in [0.4, 0.5) is 17.6 Å². The van der Waals surface area contributed by atoms with E-state index in [0.717, 1.165) is 12.1 Å². The van der Waals surface area contributed by atoms with E-state index in [-0.39, 0.29) is 5.56 Å². The highest BCUT2D eigenvalue weighted by Crippen LogP contribution is 2.25. The molecule has 1 atom stereocenters. The van der Waals surface area contributed by atoms with E-state index in [9.17, 15) is 17.6 Å². The van der Waals surface area contributed by atoms with Gasteiger partial charge in [0.1, 0.15) is 5.82 Å². The SMILES string of the molecule is CCNC(c1ccc(F)cc1)c1cc(F)c(F)c(F)c1. The molecule has 1 N–H and O–H groups in total. The average molecular weight is 283 g/mol. The maximum Gasteiger partial charge on any atom is 0.194 e. The lowest BCUT2D eigenvalue weighted by atomic mass is 9.98. The number of hydrogen-bond donors (Lipinski definition) is 1. The van der Waals surface area contributed by atoms with Crippen molar-refractivity contribution in [3.05, 3.63) is 70.8 Å². The van der Waals surface area contributed by atoms with Crippen molar-refractivity contribution in [1.29, 1.82) is 0 Å². The van der Waals surface area contributed by atoms with Crippen molar-refractivity contribution in [2.24, 2.45) is 0 Å². The monoisotopic (exact) mass is 283 g/mol. The van der Waals surface area contributed by atoms with Crippen molar-refractivity contribution in [3.8, 4) is 0 Å². The zero-order chi connectivity index (χ0) is 14.7. The van der Waals surface area contributed by atoms with E-state index in [4.69, 9.17) is 0 Å². The summed E-state index contributed by atoms with van der Waals surface area (Å²) in [5, 5.41) is 3.03. The van der Waals surface area contributed by atoms with Gasteiger partial charge in [0.15, 0.2) is 17.5 Å². The van der Waals surface area contributed by atoms with Gasteiger partial charge in [-0.3, -0.25) is 0 Å². The number of hydrogen-bond acceptors (Lipinski definition) is 1. The summed E-state index contributed by atoms with van der Waals surface area (Å²) in [7, 11) is 0. The normalized spacial score (nSPS) is 12.4. The van der Waals surface area contributed by atoms with Gasteiger partial charge in [-0.25, -0.2) is 17.6 Å². The molecular weight excluding hydrogens is 270 g/mol. The Bertz CT molecular complexity index is 572. The van der Waals surface area contributed by atoms with E-state index in [1.54, 1.807) is 0 Å². The van der Waals surface area contributed by atoms with Crippen molar-refractivity contribution in [1.82, 2.24) is 5.32 Å². The van der Waals surface area contributed by atoms with Gasteiger partial charge in [-0.1, -0.05) is 19.1 Å². The number of benzene rings is 2. The highest BCUT2D eigenvalue weighted by molar-refractivity contribution is 5.33. The summed E-state index contributed by atoms with van der Waals surface area (Å²) in [5.41, 5.74) is 0.883. The molecule has 0 fully saturated rings. The maximum atomic E-state index is 13.3. The molecule has 2 aromatic carbocycles. The van der Waals surface area contributed by atoms with Gasteiger partial charge in [0.05, 0.1) is 6.04 Å². The predicted molar refractivity (Wildman–Crippen MR) is 68.2 cm³/mol. The largest absolute Gasteiger partial charge is 0.307 e. The molecule has 0 aliphatic rings. The second-order valence-corrected chi connectivity index (χ2v) is 4.34. The van der Waals surface area contributed by atoms with Gasteiger partial charge in [0.2, 0.25) is 0 Å². The number of rotatable bonds is 4. The molecule has 1 unspecified atom stereocenters. The van der Waals surface area contributed by atoms with Crippen LogP contribution in [-0.2, 0) is 0 Å². The fourth-order valence-corrected chi connectivity index (χ4v) is 2.03. The minimum Gasteiger partial charge on any atom is -0.307 e. The Labute approximate surface area is 114 Å². The highest BCUT2D eigenvalue weighted by atomic mass is 19.2. The Balaban J connectivity index is 2.45. The summed E-state index contributed by atoms with van der Waals surface area (Å²) in [6.45, 7) is 2.36. The van der Waals surface area contributed by atoms with E-state index >= 15 is 0 Å². The second kappa shape index (κ2) is 6.05. The summed E-state index contributed by atoms with van der Waals surface area (Å²) in [5.74, 6) is -4.39. The first kappa shape index (κ1) is 14.5. The van der Waals surface area contributed by atoms with E-state index < -0.39 is 29.3 Å². The summed E-state index contributed by atoms with van der Waals surface area (Å²) in [6.07, 6.45) is 0. The zero-order valence-corrected chi connectivity index (χ0v) is 10.8. The van der Waals surface area contributed by atoms with Gasteiger partial charge in [0, 0.05) is 0 Å². The smallest absolute Gasteiger partial charge is 0.194 e. The summed E-state index contributed by atoms with van der Waals surface area (Å²) in [6, 6.07) is 6.89. The minimum atomic E-state index is -1.50. The lowest BCUT2D eigenvalue weighted by Gasteiger charge is -2.19. The molecule has 0 heterocycles. The topological polar surface area (TPSA) is 12.0 Å². The molecule has 0 saturated carbocycles. The molecule has 0 radical (unpaired) electrons. The van der Waals surface area contributed by atoms with Crippen LogP contribution in [0.15, 0.2) is 36.4 Å². The molecule has 20 heavy (non-hydrogen) atoms.